The molecule has 0 spiro atoms. The Morgan fingerprint density at radius 3 is 2.60 bits per heavy atom. The highest BCUT2D eigenvalue weighted by atomic mass is 16.5. The smallest absolute Gasteiger partial charge is 0.271 e. The van der Waals surface area contributed by atoms with Gasteiger partial charge in [0.15, 0.2) is 0 Å². The first-order chi connectivity index (χ1) is 14.6. The predicted octanol–water partition coefficient (Wildman–Crippen LogP) is 5.18. The number of aryl methyl sites for hydroxylation is 1. The Hall–Kier alpha value is -3.08. The van der Waals surface area contributed by atoms with Crippen LogP contribution < -0.4 is 10.1 Å². The van der Waals surface area contributed by atoms with E-state index in [1.165, 1.54) is 5.56 Å². The Labute approximate surface area is 178 Å². The topological polar surface area (TPSA) is 56.2 Å². The van der Waals surface area contributed by atoms with E-state index in [4.69, 9.17) is 4.74 Å². The number of imidazole rings is 1. The minimum atomic E-state index is -0.0727. The van der Waals surface area contributed by atoms with Gasteiger partial charge in [-0.3, -0.25) is 4.79 Å². The average molecular weight is 404 g/mol. The van der Waals surface area contributed by atoms with E-state index >= 15 is 0 Å². The molecule has 0 radical (unpaired) electrons. The maximum atomic E-state index is 12.4. The van der Waals surface area contributed by atoms with Crippen molar-refractivity contribution < 1.29 is 9.53 Å². The Morgan fingerprint density at radius 2 is 1.87 bits per heavy atom. The van der Waals surface area contributed by atoms with Gasteiger partial charge in [-0.2, -0.15) is 0 Å². The SMILES string of the molecule is CC(C)CCNC(=O)c1cn2c(n1)CCC(c1ccc(Oc3ccccc3)cc1)C2. The highest BCUT2D eigenvalue weighted by molar-refractivity contribution is 5.92. The van der Waals surface area contributed by atoms with Crippen molar-refractivity contribution in [3.63, 3.8) is 0 Å². The highest BCUT2D eigenvalue weighted by Crippen LogP contribution is 2.31. The minimum absolute atomic E-state index is 0.0727. The third-order valence-corrected chi connectivity index (χ3v) is 5.56. The van der Waals surface area contributed by atoms with E-state index in [-0.39, 0.29) is 5.91 Å². The van der Waals surface area contributed by atoms with Crippen molar-refractivity contribution in [1.29, 1.82) is 0 Å². The molecule has 0 saturated carbocycles. The molecule has 1 aliphatic heterocycles. The zero-order valence-corrected chi connectivity index (χ0v) is 17.7. The number of nitrogens with one attached hydrogen (secondary N) is 1. The fraction of sp³-hybridized carbons (Fsp3) is 0.360. The third kappa shape index (κ3) is 4.90. The lowest BCUT2D eigenvalue weighted by molar-refractivity contribution is 0.0947. The van der Waals surface area contributed by atoms with Crippen molar-refractivity contribution in [1.82, 2.24) is 14.9 Å². The van der Waals surface area contributed by atoms with Crippen molar-refractivity contribution >= 4 is 5.91 Å². The number of aromatic nitrogens is 2. The van der Waals surface area contributed by atoms with E-state index in [1.54, 1.807) is 0 Å². The summed E-state index contributed by atoms with van der Waals surface area (Å²) < 4.78 is 8.03. The number of ether oxygens (including phenoxy) is 1. The molecule has 0 fully saturated rings. The van der Waals surface area contributed by atoms with Gasteiger partial charge in [0.1, 0.15) is 23.0 Å². The molecule has 1 N–H and O–H groups in total. The lowest BCUT2D eigenvalue weighted by Crippen LogP contribution is -2.25. The van der Waals surface area contributed by atoms with Gasteiger partial charge in [0, 0.05) is 31.6 Å². The van der Waals surface area contributed by atoms with Crippen molar-refractivity contribution in [2.24, 2.45) is 5.92 Å². The molecule has 156 valence electrons. The third-order valence-electron chi connectivity index (χ3n) is 5.56. The molecule has 3 aromatic rings. The molecule has 4 rings (SSSR count). The van der Waals surface area contributed by atoms with E-state index in [9.17, 15) is 4.79 Å². The Morgan fingerprint density at radius 1 is 1.13 bits per heavy atom. The van der Waals surface area contributed by atoms with Crippen LogP contribution in [0.15, 0.2) is 60.8 Å². The summed E-state index contributed by atoms with van der Waals surface area (Å²) in [5.74, 6) is 3.59. The fourth-order valence-electron chi connectivity index (χ4n) is 3.82. The minimum Gasteiger partial charge on any atom is -0.457 e. The van der Waals surface area contributed by atoms with Gasteiger partial charge in [-0.1, -0.05) is 44.2 Å². The van der Waals surface area contributed by atoms with Crippen molar-refractivity contribution in [2.45, 2.75) is 45.6 Å². The van der Waals surface area contributed by atoms with Crippen molar-refractivity contribution in [3.8, 4) is 11.5 Å². The average Bonchev–Trinajstić information content (AvgIpc) is 3.18. The van der Waals surface area contributed by atoms with Gasteiger partial charge in [-0.15, -0.1) is 0 Å². The Balaban J connectivity index is 1.38. The van der Waals surface area contributed by atoms with Crippen LogP contribution in [0.25, 0.3) is 0 Å². The van der Waals surface area contributed by atoms with Crippen LogP contribution in [0, 0.1) is 5.92 Å². The van der Waals surface area contributed by atoms with Gasteiger partial charge < -0.3 is 14.6 Å². The number of carbonyl (C=O) groups excluding carboxylic acids is 1. The maximum Gasteiger partial charge on any atom is 0.271 e. The molecule has 0 saturated heterocycles. The molecule has 0 bridgehead atoms. The van der Waals surface area contributed by atoms with Crippen LogP contribution in [0.2, 0.25) is 0 Å². The van der Waals surface area contributed by atoms with Gasteiger partial charge in [-0.05, 0) is 48.6 Å². The first-order valence-electron chi connectivity index (χ1n) is 10.8. The van der Waals surface area contributed by atoms with Gasteiger partial charge in [0.2, 0.25) is 0 Å². The summed E-state index contributed by atoms with van der Waals surface area (Å²) in [6.07, 6.45) is 4.79. The fourth-order valence-corrected chi connectivity index (χ4v) is 3.82. The first kappa shape index (κ1) is 20.2. The number of amides is 1. The van der Waals surface area contributed by atoms with Gasteiger partial charge in [0.25, 0.3) is 5.91 Å². The van der Waals surface area contributed by atoms with E-state index < -0.39 is 0 Å². The number of benzene rings is 2. The van der Waals surface area contributed by atoms with Crippen LogP contribution >= 0.6 is 0 Å². The lowest BCUT2D eigenvalue weighted by atomic mass is 9.91. The number of rotatable bonds is 7. The Kier molecular flexibility index (Phi) is 6.17. The quantitative estimate of drug-likeness (QED) is 0.591. The number of hydrogen-bond acceptors (Lipinski definition) is 3. The molecule has 5 heteroatoms. The highest BCUT2D eigenvalue weighted by Gasteiger charge is 2.23. The summed E-state index contributed by atoms with van der Waals surface area (Å²) in [5.41, 5.74) is 1.82. The van der Waals surface area contributed by atoms with E-state index in [2.05, 4.69) is 40.8 Å². The monoisotopic (exact) mass is 403 g/mol. The summed E-state index contributed by atoms with van der Waals surface area (Å²) in [6.45, 7) is 5.85. The second-order valence-corrected chi connectivity index (χ2v) is 8.35. The largest absolute Gasteiger partial charge is 0.457 e. The summed E-state index contributed by atoms with van der Waals surface area (Å²) >= 11 is 0. The van der Waals surface area contributed by atoms with Gasteiger partial charge >= 0.3 is 0 Å². The normalized spacial score (nSPS) is 15.6. The van der Waals surface area contributed by atoms with Crippen LogP contribution in [0.1, 0.15) is 54.5 Å². The molecular formula is C25H29N3O2. The molecule has 1 aliphatic rings. The van der Waals surface area contributed by atoms with E-state index in [0.717, 1.165) is 43.1 Å². The van der Waals surface area contributed by atoms with Crippen molar-refractivity contribution in [3.05, 3.63) is 77.9 Å². The standard InChI is InChI=1S/C25H29N3O2/c1-18(2)14-15-26-25(29)23-17-28-16-20(10-13-24(28)27-23)19-8-11-22(12-9-19)30-21-6-4-3-5-7-21/h3-9,11-12,17-18,20H,10,13-16H2,1-2H3,(H,26,29). The van der Waals surface area contributed by atoms with E-state index in [0.29, 0.717) is 24.1 Å². The zero-order valence-electron chi connectivity index (χ0n) is 17.7. The van der Waals surface area contributed by atoms with Crippen LogP contribution in [-0.2, 0) is 13.0 Å². The summed E-state index contributed by atoms with van der Waals surface area (Å²) in [6, 6.07) is 18.1. The number of nitrogens with zero attached hydrogens (tertiary/aromatic N) is 2. The summed E-state index contributed by atoms with van der Waals surface area (Å²) in [4.78, 5) is 17.0. The van der Waals surface area contributed by atoms with Crippen molar-refractivity contribution in [2.75, 3.05) is 6.54 Å². The second-order valence-electron chi connectivity index (χ2n) is 8.35. The molecular weight excluding hydrogens is 374 g/mol. The van der Waals surface area contributed by atoms with Crippen LogP contribution in [0.4, 0.5) is 0 Å². The first-order valence-corrected chi connectivity index (χ1v) is 10.8. The molecule has 30 heavy (non-hydrogen) atoms. The number of fused-ring (bicyclic) bond motifs is 1. The molecule has 1 aromatic heterocycles. The molecule has 2 heterocycles. The molecule has 1 atom stereocenters. The lowest BCUT2D eigenvalue weighted by Gasteiger charge is -2.24. The number of para-hydroxylation sites is 1. The molecule has 0 aliphatic carbocycles. The van der Waals surface area contributed by atoms with Crippen LogP contribution in [0.5, 0.6) is 11.5 Å². The summed E-state index contributed by atoms with van der Waals surface area (Å²) in [5, 5.41) is 2.98. The zero-order chi connectivity index (χ0) is 20.9. The number of hydrogen-bond donors (Lipinski definition) is 1. The van der Waals surface area contributed by atoms with Crippen LogP contribution in [-0.4, -0.2) is 22.0 Å². The molecule has 1 unspecified atom stereocenters. The van der Waals surface area contributed by atoms with E-state index in [1.807, 2.05) is 48.7 Å². The molecule has 2 aromatic carbocycles. The maximum absolute atomic E-state index is 12.4. The molecule has 1 amide bonds. The second kappa shape index (κ2) is 9.16. The number of carbonyl (C=O) groups is 1. The van der Waals surface area contributed by atoms with Crippen LogP contribution in [0.3, 0.4) is 0 Å². The molecule has 5 nitrogen and oxygen atoms in total. The predicted molar refractivity (Wildman–Crippen MR) is 118 cm³/mol. The Bertz CT molecular complexity index is 977. The van der Waals surface area contributed by atoms with Gasteiger partial charge in [-0.25, -0.2) is 4.98 Å². The summed E-state index contributed by atoms with van der Waals surface area (Å²) in [7, 11) is 0. The van der Waals surface area contributed by atoms with Gasteiger partial charge in [0.05, 0.1) is 0 Å².